The molecular weight excluding hydrogens is 343 g/mol. The van der Waals surface area contributed by atoms with Crippen LogP contribution in [0.2, 0.25) is 0 Å². The molecule has 0 fully saturated rings. The SMILES string of the molecule is O=C1c2ccccc2OCC1CP(=O)(c1ccccc1)c1ccccc1. The van der Waals surface area contributed by atoms with Crippen LogP contribution in [0.5, 0.6) is 5.75 Å². The molecule has 3 aromatic rings. The predicted molar refractivity (Wildman–Crippen MR) is 104 cm³/mol. The first-order valence-corrected chi connectivity index (χ1v) is 10.5. The van der Waals surface area contributed by atoms with Crippen LogP contribution in [0.25, 0.3) is 0 Å². The molecule has 0 spiro atoms. The Morgan fingerprint density at radius 1 is 0.808 bits per heavy atom. The number of carbonyl (C=O) groups is 1. The molecule has 0 aliphatic carbocycles. The van der Waals surface area contributed by atoms with Crippen molar-refractivity contribution in [1.29, 1.82) is 0 Å². The van der Waals surface area contributed by atoms with Gasteiger partial charge in [-0.2, -0.15) is 0 Å². The molecule has 0 aromatic heterocycles. The Balaban J connectivity index is 1.73. The van der Waals surface area contributed by atoms with Crippen molar-refractivity contribution in [2.75, 3.05) is 12.8 Å². The summed E-state index contributed by atoms with van der Waals surface area (Å²) in [5, 5.41) is 1.55. The van der Waals surface area contributed by atoms with Gasteiger partial charge in [-0.1, -0.05) is 72.8 Å². The third-order valence-corrected chi connectivity index (χ3v) is 8.01. The third-order valence-electron chi connectivity index (χ3n) is 4.79. The molecular formula is C22H19O3P. The first-order chi connectivity index (χ1) is 12.7. The standard InChI is InChI=1S/C22H19O3P/c23-22-17(15-25-21-14-8-7-13-20(21)22)16-26(24,18-9-3-1-4-10-18)19-11-5-2-6-12-19/h1-14,17H,15-16H2. The summed E-state index contributed by atoms with van der Waals surface area (Å²) in [7, 11) is -2.94. The maximum Gasteiger partial charge on any atom is 0.173 e. The molecule has 4 heteroatoms. The molecule has 130 valence electrons. The smallest absolute Gasteiger partial charge is 0.173 e. The highest BCUT2D eigenvalue weighted by atomic mass is 31.2. The zero-order valence-electron chi connectivity index (χ0n) is 14.2. The highest BCUT2D eigenvalue weighted by Gasteiger charge is 2.37. The number of carbonyl (C=O) groups excluding carboxylic acids is 1. The Labute approximate surface area is 153 Å². The second kappa shape index (κ2) is 6.93. The van der Waals surface area contributed by atoms with E-state index in [0.29, 0.717) is 11.3 Å². The zero-order valence-corrected chi connectivity index (χ0v) is 15.1. The van der Waals surface area contributed by atoms with E-state index in [1.165, 1.54) is 0 Å². The molecule has 4 rings (SSSR count). The number of ether oxygens (including phenoxy) is 1. The number of rotatable bonds is 4. The van der Waals surface area contributed by atoms with E-state index in [2.05, 4.69) is 0 Å². The number of para-hydroxylation sites is 1. The van der Waals surface area contributed by atoms with E-state index < -0.39 is 13.1 Å². The van der Waals surface area contributed by atoms with Gasteiger partial charge in [-0.05, 0) is 12.1 Å². The van der Waals surface area contributed by atoms with Crippen LogP contribution in [0.15, 0.2) is 84.9 Å². The van der Waals surface area contributed by atoms with Gasteiger partial charge < -0.3 is 9.30 Å². The van der Waals surface area contributed by atoms with Crippen molar-refractivity contribution in [1.82, 2.24) is 0 Å². The lowest BCUT2D eigenvalue weighted by Crippen LogP contribution is -2.33. The molecule has 1 atom stereocenters. The maximum absolute atomic E-state index is 14.1. The maximum atomic E-state index is 14.1. The molecule has 0 saturated heterocycles. The van der Waals surface area contributed by atoms with Crippen molar-refractivity contribution >= 4 is 23.5 Å². The van der Waals surface area contributed by atoms with E-state index in [1.54, 1.807) is 12.1 Å². The number of hydrogen-bond acceptors (Lipinski definition) is 3. The zero-order chi connectivity index (χ0) is 18.0. The second-order valence-corrected chi connectivity index (χ2v) is 9.34. The molecule has 0 bridgehead atoms. The highest BCUT2D eigenvalue weighted by molar-refractivity contribution is 7.78. The first-order valence-electron chi connectivity index (χ1n) is 8.65. The predicted octanol–water partition coefficient (Wildman–Crippen LogP) is 3.89. The lowest BCUT2D eigenvalue weighted by Gasteiger charge is -2.28. The van der Waals surface area contributed by atoms with Gasteiger partial charge in [0.05, 0.1) is 18.1 Å². The fourth-order valence-electron chi connectivity index (χ4n) is 3.43. The quantitative estimate of drug-likeness (QED) is 0.662. The molecule has 1 aliphatic rings. The Kier molecular flexibility index (Phi) is 4.48. The minimum absolute atomic E-state index is 0.0129. The Hall–Kier alpha value is -2.64. The third kappa shape index (κ3) is 3.00. The van der Waals surface area contributed by atoms with Crippen LogP contribution in [0, 0.1) is 5.92 Å². The van der Waals surface area contributed by atoms with Gasteiger partial charge in [-0.3, -0.25) is 4.79 Å². The molecule has 26 heavy (non-hydrogen) atoms. The number of benzene rings is 3. The number of fused-ring (bicyclic) bond motifs is 1. The van der Waals surface area contributed by atoms with E-state index in [-0.39, 0.29) is 18.6 Å². The number of hydrogen-bond donors (Lipinski definition) is 0. The molecule has 3 aromatic carbocycles. The average Bonchev–Trinajstić information content (AvgIpc) is 2.71. The Morgan fingerprint density at radius 3 is 1.96 bits per heavy atom. The fourth-order valence-corrected chi connectivity index (χ4v) is 6.34. The first kappa shape index (κ1) is 16.8. The van der Waals surface area contributed by atoms with Gasteiger partial charge in [0.15, 0.2) is 5.78 Å². The summed E-state index contributed by atoms with van der Waals surface area (Å²) in [4.78, 5) is 13.0. The lowest BCUT2D eigenvalue weighted by atomic mass is 9.97. The summed E-state index contributed by atoms with van der Waals surface area (Å²) >= 11 is 0. The van der Waals surface area contributed by atoms with Crippen LogP contribution in [0.3, 0.4) is 0 Å². The Morgan fingerprint density at radius 2 is 1.35 bits per heavy atom. The van der Waals surface area contributed by atoms with Crippen LogP contribution >= 0.6 is 7.14 Å². The van der Waals surface area contributed by atoms with E-state index >= 15 is 0 Å². The van der Waals surface area contributed by atoms with Gasteiger partial charge in [-0.15, -0.1) is 0 Å². The molecule has 1 heterocycles. The Bertz CT molecular complexity index is 923. The number of ketones is 1. The summed E-state index contributed by atoms with van der Waals surface area (Å²) in [6.07, 6.45) is 0.272. The number of Topliss-reactive ketones (excluding diaryl/α,β-unsaturated/α-hetero) is 1. The van der Waals surface area contributed by atoms with Crippen LogP contribution in [-0.4, -0.2) is 18.6 Å². The van der Waals surface area contributed by atoms with Crippen molar-refractivity contribution in [3.8, 4) is 5.75 Å². The summed E-state index contributed by atoms with van der Waals surface area (Å²) < 4.78 is 19.9. The van der Waals surface area contributed by atoms with Crippen molar-refractivity contribution in [2.45, 2.75) is 0 Å². The molecule has 0 amide bonds. The van der Waals surface area contributed by atoms with Crippen LogP contribution in [0.4, 0.5) is 0 Å². The van der Waals surface area contributed by atoms with Crippen molar-refractivity contribution < 1.29 is 14.1 Å². The van der Waals surface area contributed by atoms with E-state index in [0.717, 1.165) is 10.6 Å². The molecule has 1 aliphatic heterocycles. The van der Waals surface area contributed by atoms with Gasteiger partial charge in [-0.25, -0.2) is 0 Å². The normalized spacial score (nSPS) is 16.6. The van der Waals surface area contributed by atoms with Crippen molar-refractivity contribution in [2.24, 2.45) is 5.92 Å². The topological polar surface area (TPSA) is 43.4 Å². The minimum atomic E-state index is -2.94. The summed E-state index contributed by atoms with van der Waals surface area (Å²) in [6.45, 7) is 0.263. The van der Waals surface area contributed by atoms with Gasteiger partial charge in [0.1, 0.15) is 12.9 Å². The molecule has 0 N–H and O–H groups in total. The molecule has 3 nitrogen and oxygen atoms in total. The van der Waals surface area contributed by atoms with Crippen molar-refractivity contribution in [3.05, 3.63) is 90.5 Å². The van der Waals surface area contributed by atoms with E-state index in [4.69, 9.17) is 4.74 Å². The summed E-state index contributed by atoms with van der Waals surface area (Å²) in [5.74, 6) is 0.207. The van der Waals surface area contributed by atoms with Crippen LogP contribution < -0.4 is 15.3 Å². The van der Waals surface area contributed by atoms with Crippen molar-refractivity contribution in [3.63, 3.8) is 0 Å². The van der Waals surface area contributed by atoms with E-state index in [9.17, 15) is 9.36 Å². The average molecular weight is 362 g/mol. The molecule has 0 radical (unpaired) electrons. The monoisotopic (exact) mass is 362 g/mol. The lowest BCUT2D eigenvalue weighted by molar-refractivity contribution is 0.0851. The fraction of sp³-hybridized carbons (Fsp3) is 0.136. The highest BCUT2D eigenvalue weighted by Crippen LogP contribution is 2.46. The summed E-state index contributed by atoms with van der Waals surface area (Å²) in [5.41, 5.74) is 0.580. The van der Waals surface area contributed by atoms with Gasteiger partial charge in [0, 0.05) is 16.8 Å². The van der Waals surface area contributed by atoms with Crippen LogP contribution in [-0.2, 0) is 4.57 Å². The largest absolute Gasteiger partial charge is 0.492 e. The van der Waals surface area contributed by atoms with Crippen LogP contribution in [0.1, 0.15) is 10.4 Å². The van der Waals surface area contributed by atoms with Gasteiger partial charge >= 0.3 is 0 Å². The second-order valence-electron chi connectivity index (χ2n) is 6.46. The van der Waals surface area contributed by atoms with Gasteiger partial charge in [0.2, 0.25) is 0 Å². The van der Waals surface area contributed by atoms with Gasteiger partial charge in [0.25, 0.3) is 0 Å². The molecule has 0 saturated carbocycles. The molecule has 1 unspecified atom stereocenters. The minimum Gasteiger partial charge on any atom is -0.492 e. The van der Waals surface area contributed by atoms with E-state index in [1.807, 2.05) is 72.8 Å². The summed E-state index contributed by atoms with van der Waals surface area (Å²) in [6, 6.07) is 26.2.